The van der Waals surface area contributed by atoms with Crippen LogP contribution in [0.25, 0.3) is 0 Å². The Morgan fingerprint density at radius 2 is 0.481 bits per heavy atom. The molecule has 452 valence electrons. The highest BCUT2D eigenvalue weighted by atomic mass is 16.6. The minimum atomic E-state index is -0.818. The zero-order valence-electron chi connectivity index (χ0n) is 51.7. The largest absolute Gasteiger partial charge is 0.462 e. The van der Waals surface area contributed by atoms with Gasteiger partial charge in [0.15, 0.2) is 6.10 Å². The van der Waals surface area contributed by atoms with Gasteiger partial charge >= 0.3 is 17.9 Å². The molecule has 1 unspecified atom stereocenters. The molecule has 6 nitrogen and oxygen atoms in total. The highest BCUT2D eigenvalue weighted by Crippen LogP contribution is 2.13. The molecule has 0 rings (SSSR count). The van der Waals surface area contributed by atoms with Crippen molar-refractivity contribution in [3.05, 3.63) is 182 Å². The Labute approximate surface area is 497 Å². The molecule has 1 atom stereocenters. The van der Waals surface area contributed by atoms with Crippen LogP contribution in [-0.4, -0.2) is 37.2 Å². The van der Waals surface area contributed by atoms with E-state index in [9.17, 15) is 14.4 Å². The summed E-state index contributed by atoms with van der Waals surface area (Å²) in [4.78, 5) is 38.2. The average molecular weight is 1110 g/mol. The molecule has 81 heavy (non-hydrogen) atoms. The van der Waals surface area contributed by atoms with Crippen LogP contribution in [0.5, 0.6) is 0 Å². The van der Waals surface area contributed by atoms with E-state index in [1.807, 2.05) is 0 Å². The maximum Gasteiger partial charge on any atom is 0.306 e. The standard InChI is InChI=1S/C75H116O6/c1-4-7-10-13-16-19-22-24-26-28-30-31-32-33-34-35-36-37-38-39-40-41-42-43-45-46-48-50-53-56-59-62-65-68-74(77)80-71-72(70-79-73(76)67-64-61-58-55-52-21-18-15-12-9-6-3)81-75(78)69-66-63-60-57-54-51-49-47-44-29-27-25-23-20-17-14-11-8-5-2/h7-8,10-11,15-20,24-27,30-31,33-34,36-37,39-40,42-44,46-48,53,56,72H,4-6,9,12-14,21-23,28-29,32,35,38,41,45,49-52,54-55,57-71H2,1-3H3/b10-7-,11-8-,18-15-,19-16-,20-17-,26-24-,27-25-,31-30-,34-33-,37-36-,40-39-,43-42-,47-44-,48-46-,56-53-. The predicted octanol–water partition coefficient (Wildman–Crippen LogP) is 22.4. The maximum atomic E-state index is 12.9. The van der Waals surface area contributed by atoms with Gasteiger partial charge in [0.25, 0.3) is 0 Å². The highest BCUT2D eigenvalue weighted by Gasteiger charge is 2.19. The molecule has 0 bridgehead atoms. The van der Waals surface area contributed by atoms with Crippen LogP contribution in [0, 0.1) is 0 Å². The van der Waals surface area contributed by atoms with E-state index in [1.165, 1.54) is 38.5 Å². The summed E-state index contributed by atoms with van der Waals surface area (Å²) in [7, 11) is 0. The summed E-state index contributed by atoms with van der Waals surface area (Å²) in [6, 6.07) is 0. The molecular formula is C75H116O6. The normalized spacial score (nSPS) is 13.4. The molecule has 0 saturated carbocycles. The first-order valence-electron chi connectivity index (χ1n) is 32.3. The van der Waals surface area contributed by atoms with Gasteiger partial charge in [0.2, 0.25) is 0 Å². The quantitative estimate of drug-likeness (QED) is 0.0261. The molecule has 0 saturated heterocycles. The molecule has 0 aliphatic rings. The lowest BCUT2D eigenvalue weighted by molar-refractivity contribution is -0.167. The van der Waals surface area contributed by atoms with E-state index < -0.39 is 6.10 Å². The second kappa shape index (κ2) is 67.0. The highest BCUT2D eigenvalue weighted by molar-refractivity contribution is 5.71. The van der Waals surface area contributed by atoms with Crippen LogP contribution >= 0.6 is 0 Å². The second-order valence-corrected chi connectivity index (χ2v) is 20.5. The molecule has 0 aromatic heterocycles. The number of allylic oxidation sites excluding steroid dienone is 30. The summed E-state index contributed by atoms with van der Waals surface area (Å²) >= 11 is 0. The summed E-state index contributed by atoms with van der Waals surface area (Å²) in [5, 5.41) is 0. The lowest BCUT2D eigenvalue weighted by Crippen LogP contribution is -2.30. The van der Waals surface area contributed by atoms with Crippen LogP contribution in [0.3, 0.4) is 0 Å². The van der Waals surface area contributed by atoms with Crippen molar-refractivity contribution in [2.45, 2.75) is 258 Å². The summed E-state index contributed by atoms with van der Waals surface area (Å²) in [5.74, 6) is -0.988. The van der Waals surface area contributed by atoms with Gasteiger partial charge < -0.3 is 14.2 Å². The molecule has 0 spiro atoms. The molecule has 0 aromatic carbocycles. The van der Waals surface area contributed by atoms with E-state index in [2.05, 4.69) is 203 Å². The number of esters is 3. The Balaban J connectivity index is 4.41. The zero-order chi connectivity index (χ0) is 58.5. The van der Waals surface area contributed by atoms with Gasteiger partial charge in [-0.15, -0.1) is 0 Å². The molecule has 0 aromatic rings. The van der Waals surface area contributed by atoms with Gasteiger partial charge in [-0.25, -0.2) is 0 Å². The first-order chi connectivity index (χ1) is 40.0. The first kappa shape index (κ1) is 75.5. The smallest absolute Gasteiger partial charge is 0.306 e. The number of hydrogen-bond donors (Lipinski definition) is 0. The van der Waals surface area contributed by atoms with E-state index in [-0.39, 0.29) is 37.5 Å². The fourth-order valence-corrected chi connectivity index (χ4v) is 8.09. The third-order valence-electron chi connectivity index (χ3n) is 12.9. The summed E-state index contributed by atoms with van der Waals surface area (Å²) < 4.78 is 16.8. The topological polar surface area (TPSA) is 78.9 Å². The Hall–Kier alpha value is -5.49. The molecule has 6 heteroatoms. The number of unbranched alkanes of at least 4 members (excludes halogenated alkanes) is 15. The fraction of sp³-hybridized carbons (Fsp3) is 0.560. The van der Waals surface area contributed by atoms with Gasteiger partial charge in [0.05, 0.1) is 0 Å². The molecule has 0 fully saturated rings. The maximum absolute atomic E-state index is 12.9. The number of hydrogen-bond acceptors (Lipinski definition) is 6. The number of ether oxygens (including phenoxy) is 3. The number of rotatable bonds is 56. The van der Waals surface area contributed by atoms with Crippen molar-refractivity contribution in [1.29, 1.82) is 0 Å². The van der Waals surface area contributed by atoms with Crippen molar-refractivity contribution < 1.29 is 28.6 Å². The molecule has 0 aliphatic heterocycles. The predicted molar refractivity (Wildman–Crippen MR) is 352 cm³/mol. The lowest BCUT2D eigenvalue weighted by atomic mass is 10.1. The van der Waals surface area contributed by atoms with Crippen LogP contribution in [0.4, 0.5) is 0 Å². The van der Waals surface area contributed by atoms with E-state index in [1.54, 1.807) is 0 Å². The number of carbonyl (C=O) groups is 3. The lowest BCUT2D eigenvalue weighted by Gasteiger charge is -2.18. The number of carbonyl (C=O) groups excluding carboxylic acids is 3. The van der Waals surface area contributed by atoms with Gasteiger partial charge in [-0.3, -0.25) is 14.4 Å². The third kappa shape index (κ3) is 65.2. The van der Waals surface area contributed by atoms with Gasteiger partial charge in [-0.2, -0.15) is 0 Å². The van der Waals surface area contributed by atoms with E-state index in [0.717, 1.165) is 167 Å². The molecule has 0 heterocycles. The van der Waals surface area contributed by atoms with Crippen LogP contribution in [0.2, 0.25) is 0 Å². The molecule has 0 N–H and O–H groups in total. The van der Waals surface area contributed by atoms with Crippen LogP contribution in [0.1, 0.15) is 252 Å². The van der Waals surface area contributed by atoms with E-state index in [0.29, 0.717) is 19.3 Å². The van der Waals surface area contributed by atoms with E-state index in [4.69, 9.17) is 14.2 Å². The van der Waals surface area contributed by atoms with Gasteiger partial charge in [0, 0.05) is 19.3 Å². The fourth-order valence-electron chi connectivity index (χ4n) is 8.09. The molecule has 0 aliphatic carbocycles. The Bertz CT molecular complexity index is 1900. The van der Waals surface area contributed by atoms with Crippen molar-refractivity contribution in [2.24, 2.45) is 0 Å². The van der Waals surface area contributed by atoms with Gasteiger partial charge in [0.1, 0.15) is 13.2 Å². The summed E-state index contributed by atoms with van der Waals surface area (Å²) in [5.41, 5.74) is 0. The van der Waals surface area contributed by atoms with Gasteiger partial charge in [-0.05, 0) is 154 Å². The van der Waals surface area contributed by atoms with Crippen molar-refractivity contribution in [2.75, 3.05) is 13.2 Å². The molecule has 0 radical (unpaired) electrons. The van der Waals surface area contributed by atoms with Crippen LogP contribution in [-0.2, 0) is 28.6 Å². The minimum Gasteiger partial charge on any atom is -0.462 e. The second-order valence-electron chi connectivity index (χ2n) is 20.5. The average Bonchev–Trinajstić information content (AvgIpc) is 3.47. The zero-order valence-corrected chi connectivity index (χ0v) is 51.7. The van der Waals surface area contributed by atoms with Crippen molar-refractivity contribution in [3.63, 3.8) is 0 Å². The Kier molecular flexibility index (Phi) is 62.5. The SMILES string of the molecule is CC/C=C\C/C=C\C/C=C\C/C=C\C/C=C\C/C=C\C/C=C\C/C=C\C/C=C\C/C=C\CCCCC(=O)OCC(COC(=O)CCCCCCC/C=C\CCCC)OC(=O)CCCCCCCC/C=C\C/C=C\C/C=C\C/C=C\CC. The van der Waals surface area contributed by atoms with E-state index >= 15 is 0 Å². The van der Waals surface area contributed by atoms with Crippen LogP contribution < -0.4 is 0 Å². The Morgan fingerprint density at radius 1 is 0.259 bits per heavy atom. The van der Waals surface area contributed by atoms with Crippen molar-refractivity contribution in [1.82, 2.24) is 0 Å². The van der Waals surface area contributed by atoms with Crippen LogP contribution in [0.15, 0.2) is 182 Å². The summed E-state index contributed by atoms with van der Waals surface area (Å²) in [6.07, 6.45) is 100. The molecular weight excluding hydrogens is 997 g/mol. The minimum absolute atomic E-state index is 0.110. The van der Waals surface area contributed by atoms with Gasteiger partial charge in [-0.1, -0.05) is 261 Å². The van der Waals surface area contributed by atoms with Crippen molar-refractivity contribution >= 4 is 17.9 Å². The van der Waals surface area contributed by atoms with Crippen molar-refractivity contribution in [3.8, 4) is 0 Å². The molecule has 0 amide bonds. The monoisotopic (exact) mass is 1110 g/mol. The third-order valence-corrected chi connectivity index (χ3v) is 12.9. The Morgan fingerprint density at radius 3 is 0.790 bits per heavy atom. The summed E-state index contributed by atoms with van der Waals surface area (Å²) in [6.45, 7) is 6.30. The first-order valence-corrected chi connectivity index (χ1v) is 32.3.